The molecule has 0 saturated heterocycles. The standard InChI is InChI=1S/C25H21Cl2N3O4S/c1-34-21-7-13(5-6-19(21)31)23-17(11-28)25(30-18-3-2-4-20(32)24(18)23)35-12-22(33)29-16-9-14(26)8-15(27)10-16/h5-10,23,30-31H,2-4,12H2,1H3,(H,29,33)/t23-/m0/s1. The molecular weight excluding hydrogens is 509 g/mol. The van der Waals surface area contributed by atoms with Crippen LogP contribution in [0.15, 0.2) is 58.3 Å². The molecule has 0 unspecified atom stereocenters. The van der Waals surface area contributed by atoms with E-state index in [2.05, 4.69) is 16.7 Å². The number of Topliss-reactive ketones (excluding diaryl/α,β-unsaturated/α-hetero) is 1. The molecule has 1 amide bonds. The zero-order valence-corrected chi connectivity index (χ0v) is 21.0. The van der Waals surface area contributed by atoms with Gasteiger partial charge < -0.3 is 20.5 Å². The Morgan fingerprint density at radius 3 is 2.69 bits per heavy atom. The normalized spacial score (nSPS) is 17.4. The first-order chi connectivity index (χ1) is 16.8. The van der Waals surface area contributed by atoms with Crippen molar-refractivity contribution in [3.05, 3.63) is 73.9 Å². The molecule has 0 fully saturated rings. The monoisotopic (exact) mass is 529 g/mol. The molecule has 35 heavy (non-hydrogen) atoms. The summed E-state index contributed by atoms with van der Waals surface area (Å²) in [6.45, 7) is 0. The highest BCUT2D eigenvalue weighted by Gasteiger charge is 2.37. The Hall–Kier alpha value is -3.12. The zero-order chi connectivity index (χ0) is 25.1. The average molecular weight is 530 g/mol. The van der Waals surface area contributed by atoms with Crippen LogP contribution >= 0.6 is 35.0 Å². The van der Waals surface area contributed by atoms with Gasteiger partial charge in [-0.05, 0) is 48.7 Å². The van der Waals surface area contributed by atoms with Crippen LogP contribution in [0.4, 0.5) is 5.69 Å². The molecule has 0 bridgehead atoms. The second-order valence-electron chi connectivity index (χ2n) is 8.01. The van der Waals surface area contributed by atoms with E-state index in [0.29, 0.717) is 56.7 Å². The van der Waals surface area contributed by atoms with Gasteiger partial charge >= 0.3 is 0 Å². The van der Waals surface area contributed by atoms with E-state index in [-0.39, 0.29) is 28.9 Å². The summed E-state index contributed by atoms with van der Waals surface area (Å²) in [5.41, 5.74) is 2.74. The van der Waals surface area contributed by atoms with Gasteiger partial charge in [0.05, 0.1) is 35.5 Å². The molecule has 0 aromatic heterocycles. The Bertz CT molecular complexity index is 1300. The summed E-state index contributed by atoms with van der Waals surface area (Å²) < 4.78 is 5.24. The minimum Gasteiger partial charge on any atom is -0.504 e. The predicted molar refractivity (Wildman–Crippen MR) is 137 cm³/mol. The van der Waals surface area contributed by atoms with E-state index in [0.717, 1.165) is 5.70 Å². The van der Waals surface area contributed by atoms with E-state index in [1.807, 2.05) is 0 Å². The number of phenols is 1. The lowest BCUT2D eigenvalue weighted by molar-refractivity contribution is -0.116. The number of halogens is 2. The molecule has 3 N–H and O–H groups in total. The Morgan fingerprint density at radius 2 is 2.00 bits per heavy atom. The second-order valence-corrected chi connectivity index (χ2v) is 9.87. The van der Waals surface area contributed by atoms with Gasteiger partial charge in [-0.3, -0.25) is 9.59 Å². The van der Waals surface area contributed by atoms with Gasteiger partial charge in [0.25, 0.3) is 0 Å². The number of aromatic hydroxyl groups is 1. The quantitative estimate of drug-likeness (QED) is 0.452. The highest BCUT2D eigenvalue weighted by Crippen LogP contribution is 2.45. The first kappa shape index (κ1) is 25.0. The van der Waals surface area contributed by atoms with Crippen molar-refractivity contribution < 1.29 is 19.4 Å². The number of hydrogen-bond acceptors (Lipinski definition) is 7. The van der Waals surface area contributed by atoms with Crippen LogP contribution in [0.3, 0.4) is 0 Å². The van der Waals surface area contributed by atoms with Gasteiger partial charge in [-0.15, -0.1) is 0 Å². The van der Waals surface area contributed by atoms with Crippen LogP contribution in [0, 0.1) is 11.3 Å². The number of nitrogens with one attached hydrogen (secondary N) is 2. The first-order valence-corrected chi connectivity index (χ1v) is 12.5. The predicted octanol–water partition coefficient (Wildman–Crippen LogP) is 5.51. The molecule has 7 nitrogen and oxygen atoms in total. The van der Waals surface area contributed by atoms with Gasteiger partial charge in [0.1, 0.15) is 0 Å². The maximum atomic E-state index is 12.9. The molecule has 1 atom stereocenters. The van der Waals surface area contributed by atoms with Gasteiger partial charge in [0.2, 0.25) is 5.91 Å². The summed E-state index contributed by atoms with van der Waals surface area (Å²) in [7, 11) is 1.44. The van der Waals surface area contributed by atoms with Crippen LogP contribution in [0.2, 0.25) is 10.0 Å². The van der Waals surface area contributed by atoms with Crippen LogP contribution in [0.5, 0.6) is 11.5 Å². The SMILES string of the molecule is COc1cc([C@H]2C(C#N)=C(SCC(=O)Nc3cc(Cl)cc(Cl)c3)NC3=C2C(=O)CCC3)ccc1O. The molecule has 2 aromatic rings. The van der Waals surface area contributed by atoms with E-state index in [9.17, 15) is 20.0 Å². The Kier molecular flexibility index (Phi) is 7.60. The van der Waals surface area contributed by atoms with E-state index in [1.165, 1.54) is 24.9 Å². The van der Waals surface area contributed by atoms with Crippen molar-refractivity contribution in [2.75, 3.05) is 18.2 Å². The van der Waals surface area contributed by atoms with Crippen molar-refractivity contribution in [3.63, 3.8) is 0 Å². The van der Waals surface area contributed by atoms with Crippen molar-refractivity contribution in [2.45, 2.75) is 25.2 Å². The molecule has 180 valence electrons. The molecule has 10 heteroatoms. The minimum absolute atomic E-state index is 0.0137. The maximum Gasteiger partial charge on any atom is 0.234 e. The number of rotatable bonds is 6. The van der Waals surface area contributed by atoms with Crippen LogP contribution in [-0.2, 0) is 9.59 Å². The van der Waals surface area contributed by atoms with Gasteiger partial charge in [0.15, 0.2) is 17.3 Å². The molecule has 1 aliphatic carbocycles. The molecule has 0 spiro atoms. The lowest BCUT2D eigenvalue weighted by Crippen LogP contribution is -2.31. The van der Waals surface area contributed by atoms with Crippen molar-refractivity contribution in [2.24, 2.45) is 0 Å². The first-order valence-electron chi connectivity index (χ1n) is 10.7. The molecule has 1 aliphatic heterocycles. The second kappa shape index (κ2) is 10.6. The van der Waals surface area contributed by atoms with Gasteiger partial charge in [-0.25, -0.2) is 0 Å². The van der Waals surface area contributed by atoms with Crippen LogP contribution in [0.25, 0.3) is 0 Å². The van der Waals surface area contributed by atoms with Gasteiger partial charge in [0, 0.05) is 33.4 Å². The fourth-order valence-electron chi connectivity index (χ4n) is 4.21. The highest BCUT2D eigenvalue weighted by atomic mass is 35.5. The Morgan fingerprint density at radius 1 is 1.26 bits per heavy atom. The van der Waals surface area contributed by atoms with Crippen molar-refractivity contribution in [1.82, 2.24) is 5.32 Å². The number of amides is 1. The summed E-state index contributed by atoms with van der Waals surface area (Å²) in [4.78, 5) is 25.5. The number of benzene rings is 2. The zero-order valence-electron chi connectivity index (χ0n) is 18.7. The summed E-state index contributed by atoms with van der Waals surface area (Å²) in [5.74, 6) is -0.733. The number of phenolic OH excluding ortho intramolecular Hbond substituents is 1. The van der Waals surface area contributed by atoms with Crippen molar-refractivity contribution in [3.8, 4) is 17.6 Å². The van der Waals surface area contributed by atoms with E-state index in [1.54, 1.807) is 30.3 Å². The fraction of sp³-hybridized carbons (Fsp3) is 0.240. The molecule has 2 aliphatic rings. The number of dihydropyridines is 1. The van der Waals surface area contributed by atoms with E-state index in [4.69, 9.17) is 27.9 Å². The number of ether oxygens (including phenoxy) is 1. The minimum atomic E-state index is -0.629. The largest absolute Gasteiger partial charge is 0.504 e. The number of nitrogens with zero attached hydrogens (tertiary/aromatic N) is 1. The number of allylic oxidation sites excluding steroid dienone is 3. The van der Waals surface area contributed by atoms with E-state index >= 15 is 0 Å². The number of carbonyl (C=O) groups excluding carboxylic acids is 2. The average Bonchev–Trinajstić information content (AvgIpc) is 2.81. The van der Waals surface area contributed by atoms with E-state index < -0.39 is 5.92 Å². The molecule has 0 saturated carbocycles. The lowest BCUT2D eigenvalue weighted by atomic mass is 9.77. The molecule has 0 radical (unpaired) electrons. The molecule has 4 rings (SSSR count). The summed E-state index contributed by atoms with van der Waals surface area (Å²) in [6.07, 6.45) is 1.76. The number of thioether (sulfide) groups is 1. The van der Waals surface area contributed by atoms with Gasteiger partial charge in [-0.1, -0.05) is 41.0 Å². The molecule has 1 heterocycles. The molecular formula is C25H21Cl2N3O4S. The van der Waals surface area contributed by atoms with Crippen molar-refractivity contribution in [1.29, 1.82) is 5.26 Å². The number of anilines is 1. The third-order valence-corrected chi connectivity index (χ3v) is 7.15. The van der Waals surface area contributed by atoms with Crippen LogP contribution in [-0.4, -0.2) is 29.7 Å². The molecule has 2 aromatic carbocycles. The number of hydrogen-bond donors (Lipinski definition) is 3. The Balaban J connectivity index is 1.64. The maximum absolute atomic E-state index is 12.9. The van der Waals surface area contributed by atoms with Gasteiger partial charge in [-0.2, -0.15) is 5.26 Å². The van der Waals surface area contributed by atoms with Crippen LogP contribution in [0.1, 0.15) is 30.7 Å². The summed E-state index contributed by atoms with van der Waals surface area (Å²) in [5, 5.41) is 27.4. The summed E-state index contributed by atoms with van der Waals surface area (Å²) >= 11 is 13.2. The Labute approximate surface area is 216 Å². The fourth-order valence-corrected chi connectivity index (χ4v) is 5.59. The number of nitriles is 1. The smallest absolute Gasteiger partial charge is 0.234 e. The van der Waals surface area contributed by atoms with Crippen LogP contribution < -0.4 is 15.4 Å². The van der Waals surface area contributed by atoms with Crippen molar-refractivity contribution >= 4 is 52.3 Å². The topological polar surface area (TPSA) is 111 Å². The number of carbonyl (C=O) groups is 2. The third-order valence-electron chi connectivity index (χ3n) is 5.69. The third kappa shape index (κ3) is 5.43. The summed E-state index contributed by atoms with van der Waals surface area (Å²) in [6, 6.07) is 11.8. The highest BCUT2D eigenvalue weighted by molar-refractivity contribution is 8.03. The lowest BCUT2D eigenvalue weighted by Gasteiger charge is -2.33. The number of methoxy groups -OCH3 is 1. The number of ketones is 1.